The van der Waals surface area contributed by atoms with Crippen molar-refractivity contribution in [3.05, 3.63) is 67.0 Å². The molecule has 0 unspecified atom stereocenters. The molecule has 0 spiro atoms. The van der Waals surface area contributed by atoms with E-state index in [0.29, 0.717) is 28.4 Å². The Bertz CT molecular complexity index is 1820. The number of methoxy groups -OCH3 is 1. The van der Waals surface area contributed by atoms with Crippen molar-refractivity contribution in [2.75, 3.05) is 25.1 Å². The summed E-state index contributed by atoms with van der Waals surface area (Å²) in [6, 6.07) is 10.5. The number of nitrogens with zero attached hydrogens (tertiary/aromatic N) is 6. The smallest absolute Gasteiger partial charge is 0.147 e. The molecule has 1 aliphatic rings. The van der Waals surface area contributed by atoms with Gasteiger partial charge >= 0.3 is 0 Å². The van der Waals surface area contributed by atoms with Crippen LogP contribution in [-0.4, -0.2) is 61.4 Å². The third kappa shape index (κ3) is 3.71. The number of nitrogens with two attached hydrogens (primary N) is 1. The Hall–Kier alpha value is -4.90. The molecular formula is C27H22FN9O. The van der Waals surface area contributed by atoms with Crippen molar-refractivity contribution >= 4 is 27.6 Å². The minimum absolute atomic E-state index is 0.165. The molecule has 7 rings (SSSR count). The molecule has 0 bridgehead atoms. The van der Waals surface area contributed by atoms with Crippen molar-refractivity contribution in [2.45, 2.75) is 6.04 Å². The Morgan fingerprint density at radius 1 is 0.974 bits per heavy atom. The maximum Gasteiger partial charge on any atom is 0.147 e. The molecule has 0 amide bonds. The van der Waals surface area contributed by atoms with Gasteiger partial charge in [0.05, 0.1) is 48.3 Å². The lowest BCUT2D eigenvalue weighted by Crippen LogP contribution is -2.56. The molecule has 0 radical (unpaired) electrons. The highest BCUT2D eigenvalue weighted by atomic mass is 19.1. The number of hydrogen-bond acceptors (Lipinski definition) is 8. The molecule has 0 aliphatic carbocycles. The van der Waals surface area contributed by atoms with Crippen LogP contribution < -0.4 is 15.4 Å². The average Bonchev–Trinajstić information content (AvgIpc) is 3.54. The van der Waals surface area contributed by atoms with Crippen LogP contribution in [0.3, 0.4) is 0 Å². The molecule has 0 atom stereocenters. The summed E-state index contributed by atoms with van der Waals surface area (Å²) in [4.78, 5) is 23.8. The van der Waals surface area contributed by atoms with Crippen LogP contribution >= 0.6 is 0 Å². The van der Waals surface area contributed by atoms with Crippen molar-refractivity contribution < 1.29 is 9.13 Å². The van der Waals surface area contributed by atoms with Crippen LogP contribution in [0, 0.1) is 5.82 Å². The van der Waals surface area contributed by atoms with Crippen LogP contribution in [0.4, 0.5) is 10.2 Å². The Balaban J connectivity index is 1.30. The minimum Gasteiger partial charge on any atom is -0.497 e. The highest BCUT2D eigenvalue weighted by Crippen LogP contribution is 2.35. The molecule has 6 heterocycles. The minimum atomic E-state index is -0.392. The predicted octanol–water partition coefficient (Wildman–Crippen LogP) is 3.92. The summed E-state index contributed by atoms with van der Waals surface area (Å²) >= 11 is 0. The molecule has 1 aliphatic heterocycles. The van der Waals surface area contributed by atoms with Gasteiger partial charge in [-0.3, -0.25) is 20.1 Å². The molecule has 11 heteroatoms. The van der Waals surface area contributed by atoms with Crippen LogP contribution in [0.15, 0.2) is 61.2 Å². The molecule has 1 saturated heterocycles. The first-order valence-electron chi connectivity index (χ1n) is 12.1. The molecule has 4 N–H and O–H groups in total. The third-order valence-corrected chi connectivity index (χ3v) is 6.75. The van der Waals surface area contributed by atoms with Crippen molar-refractivity contribution in [3.63, 3.8) is 0 Å². The van der Waals surface area contributed by atoms with E-state index >= 15 is 0 Å². The van der Waals surface area contributed by atoms with Crippen LogP contribution in [0.5, 0.6) is 5.75 Å². The fourth-order valence-electron chi connectivity index (χ4n) is 4.82. The van der Waals surface area contributed by atoms with E-state index in [2.05, 4.69) is 35.0 Å². The Kier molecular flexibility index (Phi) is 5.05. The second-order valence-corrected chi connectivity index (χ2v) is 9.30. The summed E-state index contributed by atoms with van der Waals surface area (Å²) in [6.45, 7) is 1.52. The first-order valence-corrected chi connectivity index (χ1v) is 12.1. The SMILES string of the molecule is COc1cc(F)cc(-c2nccc3[nH]c(-c4n[nH]c5cnc(-c6cncc(N7CC(N)C7)n6)cc45)cc23)c1. The fraction of sp³-hybridized carbons (Fsp3) is 0.148. The maximum absolute atomic E-state index is 14.2. The fourth-order valence-corrected chi connectivity index (χ4v) is 4.82. The van der Waals surface area contributed by atoms with E-state index in [4.69, 9.17) is 15.5 Å². The van der Waals surface area contributed by atoms with E-state index < -0.39 is 5.82 Å². The number of halogens is 1. The Morgan fingerprint density at radius 2 is 1.84 bits per heavy atom. The van der Waals surface area contributed by atoms with E-state index in [0.717, 1.165) is 52.1 Å². The molecule has 38 heavy (non-hydrogen) atoms. The van der Waals surface area contributed by atoms with Gasteiger partial charge in [-0.2, -0.15) is 5.10 Å². The number of fused-ring (bicyclic) bond motifs is 2. The standard InChI is InChI=1S/C27H22FN9O/c1-38-17-5-14(4-15(28)6-17)26-18-8-22(33-20(18)2-3-31-26)27-19-7-21(32-10-23(19)35-36-27)24-9-30-11-25(34-24)37-12-16(29)13-37/h2-11,16,33H,12-13,29H2,1H3,(H,35,36). The van der Waals surface area contributed by atoms with Gasteiger partial charge in [-0.05, 0) is 30.3 Å². The molecule has 188 valence electrons. The van der Waals surface area contributed by atoms with Crippen molar-refractivity contribution in [3.8, 4) is 39.8 Å². The van der Waals surface area contributed by atoms with E-state index in [-0.39, 0.29) is 6.04 Å². The van der Waals surface area contributed by atoms with Crippen LogP contribution in [0.2, 0.25) is 0 Å². The number of aromatic amines is 2. The molecule has 1 fully saturated rings. The summed E-state index contributed by atoms with van der Waals surface area (Å²) in [7, 11) is 1.51. The largest absolute Gasteiger partial charge is 0.497 e. The molecular weight excluding hydrogens is 485 g/mol. The average molecular weight is 508 g/mol. The number of ether oxygens (including phenoxy) is 1. The predicted molar refractivity (Wildman–Crippen MR) is 142 cm³/mol. The van der Waals surface area contributed by atoms with Crippen molar-refractivity contribution in [2.24, 2.45) is 5.73 Å². The number of pyridine rings is 2. The highest BCUT2D eigenvalue weighted by Gasteiger charge is 2.25. The van der Waals surface area contributed by atoms with E-state index in [9.17, 15) is 4.39 Å². The number of benzene rings is 1. The Morgan fingerprint density at radius 3 is 2.68 bits per heavy atom. The topological polar surface area (TPSA) is 135 Å². The number of aromatic nitrogens is 7. The molecule has 1 aromatic carbocycles. The van der Waals surface area contributed by atoms with E-state index in [1.165, 1.54) is 19.2 Å². The summed E-state index contributed by atoms with van der Waals surface area (Å²) < 4.78 is 19.5. The zero-order valence-corrected chi connectivity index (χ0v) is 20.3. The number of anilines is 1. The number of nitrogens with one attached hydrogen (secondary N) is 2. The first-order chi connectivity index (χ1) is 18.6. The van der Waals surface area contributed by atoms with Crippen molar-refractivity contribution in [1.29, 1.82) is 0 Å². The zero-order chi connectivity index (χ0) is 25.8. The molecule has 6 aromatic rings. The number of H-pyrrole nitrogens is 2. The second kappa shape index (κ2) is 8.60. The van der Waals surface area contributed by atoms with Gasteiger partial charge in [0.15, 0.2) is 0 Å². The van der Waals surface area contributed by atoms with Crippen molar-refractivity contribution in [1.82, 2.24) is 35.1 Å². The lowest BCUT2D eigenvalue weighted by Gasteiger charge is -2.37. The quantitative estimate of drug-likeness (QED) is 0.320. The summed E-state index contributed by atoms with van der Waals surface area (Å²) in [5.74, 6) is 0.816. The summed E-state index contributed by atoms with van der Waals surface area (Å²) in [6.07, 6.45) is 6.87. The van der Waals surface area contributed by atoms with Gasteiger partial charge in [-0.25, -0.2) is 9.37 Å². The van der Waals surface area contributed by atoms with Crippen LogP contribution in [0.1, 0.15) is 0 Å². The van der Waals surface area contributed by atoms with Gasteiger partial charge in [0.2, 0.25) is 0 Å². The van der Waals surface area contributed by atoms with E-state index in [1.807, 2.05) is 18.2 Å². The summed E-state index contributed by atoms with van der Waals surface area (Å²) in [5, 5.41) is 9.34. The first kappa shape index (κ1) is 22.3. The molecule has 0 saturated carbocycles. The summed E-state index contributed by atoms with van der Waals surface area (Å²) in [5.41, 5.74) is 11.7. The van der Waals surface area contributed by atoms with E-state index in [1.54, 1.807) is 30.9 Å². The van der Waals surface area contributed by atoms with Gasteiger partial charge in [-0.1, -0.05) is 0 Å². The van der Waals surface area contributed by atoms with Gasteiger partial charge in [0.1, 0.15) is 28.8 Å². The van der Waals surface area contributed by atoms with Crippen LogP contribution in [-0.2, 0) is 0 Å². The second-order valence-electron chi connectivity index (χ2n) is 9.30. The lowest BCUT2D eigenvalue weighted by molar-refractivity contribution is 0.411. The van der Waals surface area contributed by atoms with Gasteiger partial charge in [0.25, 0.3) is 0 Å². The molecule has 10 nitrogen and oxygen atoms in total. The highest BCUT2D eigenvalue weighted by molar-refractivity contribution is 6.00. The number of rotatable bonds is 5. The monoisotopic (exact) mass is 507 g/mol. The normalized spacial score (nSPS) is 13.8. The lowest BCUT2D eigenvalue weighted by atomic mass is 10.1. The maximum atomic E-state index is 14.2. The van der Waals surface area contributed by atoms with Crippen LogP contribution in [0.25, 0.3) is 55.8 Å². The van der Waals surface area contributed by atoms with Gasteiger partial charge in [-0.15, -0.1) is 0 Å². The zero-order valence-electron chi connectivity index (χ0n) is 20.3. The number of hydrogen-bond donors (Lipinski definition) is 3. The van der Waals surface area contributed by atoms with Gasteiger partial charge < -0.3 is 20.4 Å². The van der Waals surface area contributed by atoms with Gasteiger partial charge in [0, 0.05) is 53.2 Å². The third-order valence-electron chi connectivity index (χ3n) is 6.75. The molecule has 5 aromatic heterocycles. The Labute approximate surface area is 215 Å².